The third-order valence-corrected chi connectivity index (χ3v) is 3.09. The summed E-state index contributed by atoms with van der Waals surface area (Å²) < 4.78 is 5.87. The predicted octanol–water partition coefficient (Wildman–Crippen LogP) is 3.98. The third-order valence-electron chi connectivity index (χ3n) is 2.60. The number of aromatic amines is 1. The van der Waals surface area contributed by atoms with Crippen LogP contribution in [0.4, 0.5) is 10.6 Å². The van der Waals surface area contributed by atoms with Crippen LogP contribution in [0.5, 0.6) is 0 Å². The molecule has 0 radical (unpaired) electrons. The largest absolute Gasteiger partial charge is 0.478 e. The van der Waals surface area contributed by atoms with Crippen molar-refractivity contribution < 1.29 is 19.4 Å². The summed E-state index contributed by atoms with van der Waals surface area (Å²) >= 11 is 3.30. The van der Waals surface area contributed by atoms with Crippen LogP contribution >= 0.6 is 15.9 Å². The average Bonchev–Trinajstić information content (AvgIpc) is 2.63. The van der Waals surface area contributed by atoms with E-state index in [1.165, 1.54) is 0 Å². The van der Waals surface area contributed by atoms with Crippen LogP contribution in [0.3, 0.4) is 0 Å². The van der Waals surface area contributed by atoms with Crippen molar-refractivity contribution in [3.05, 3.63) is 28.2 Å². The van der Waals surface area contributed by atoms with Gasteiger partial charge in [0.25, 0.3) is 0 Å². The highest BCUT2D eigenvalue weighted by molar-refractivity contribution is 9.10. The predicted molar refractivity (Wildman–Crippen MR) is 82.8 cm³/mol. The fourth-order valence-corrected chi connectivity index (χ4v) is 2.25. The van der Waals surface area contributed by atoms with Crippen LogP contribution in [-0.4, -0.2) is 27.8 Å². The SMILES string of the molecule is CC(C)(C)OC(=O)Nc1[nH]c2ccc(Br)cc2c1C(=O)O. The number of anilines is 1. The van der Waals surface area contributed by atoms with Crippen molar-refractivity contribution in [2.45, 2.75) is 26.4 Å². The van der Waals surface area contributed by atoms with Crippen molar-refractivity contribution in [2.75, 3.05) is 5.32 Å². The van der Waals surface area contributed by atoms with Crippen molar-refractivity contribution in [3.63, 3.8) is 0 Å². The van der Waals surface area contributed by atoms with Crippen LogP contribution in [0.2, 0.25) is 0 Å². The van der Waals surface area contributed by atoms with Crippen LogP contribution in [0, 0.1) is 0 Å². The van der Waals surface area contributed by atoms with Gasteiger partial charge < -0.3 is 14.8 Å². The maximum atomic E-state index is 11.8. The van der Waals surface area contributed by atoms with E-state index in [-0.39, 0.29) is 11.4 Å². The van der Waals surface area contributed by atoms with E-state index >= 15 is 0 Å². The Kier molecular flexibility index (Phi) is 3.95. The first-order valence-electron chi connectivity index (χ1n) is 6.22. The molecular weight excluding hydrogens is 340 g/mol. The molecule has 1 aromatic carbocycles. The van der Waals surface area contributed by atoms with Gasteiger partial charge in [-0.05, 0) is 39.0 Å². The fourth-order valence-electron chi connectivity index (χ4n) is 1.89. The van der Waals surface area contributed by atoms with Gasteiger partial charge in [0.05, 0.1) is 0 Å². The molecule has 0 aliphatic rings. The zero-order valence-corrected chi connectivity index (χ0v) is 13.4. The van der Waals surface area contributed by atoms with Gasteiger partial charge in [-0.15, -0.1) is 0 Å². The number of carboxylic acids is 1. The number of ether oxygens (including phenoxy) is 1. The van der Waals surface area contributed by atoms with Crippen molar-refractivity contribution in [2.24, 2.45) is 0 Å². The number of carboxylic acid groups (broad SMARTS) is 1. The molecule has 7 heteroatoms. The summed E-state index contributed by atoms with van der Waals surface area (Å²) in [4.78, 5) is 26.1. The number of halogens is 1. The average molecular weight is 355 g/mol. The molecular formula is C14H15BrN2O4. The highest BCUT2D eigenvalue weighted by atomic mass is 79.9. The zero-order valence-electron chi connectivity index (χ0n) is 11.8. The van der Waals surface area contributed by atoms with Crippen molar-refractivity contribution >= 4 is 44.7 Å². The molecule has 112 valence electrons. The minimum atomic E-state index is -1.13. The second-order valence-corrected chi connectivity index (χ2v) is 6.41. The van der Waals surface area contributed by atoms with Crippen LogP contribution < -0.4 is 5.32 Å². The zero-order chi connectivity index (χ0) is 15.8. The monoisotopic (exact) mass is 354 g/mol. The smallest absolute Gasteiger partial charge is 0.413 e. The van der Waals surface area contributed by atoms with Crippen LogP contribution in [-0.2, 0) is 4.74 Å². The lowest BCUT2D eigenvalue weighted by atomic mass is 10.1. The Labute approximate surface area is 129 Å². The molecule has 0 saturated heterocycles. The van der Waals surface area contributed by atoms with Gasteiger partial charge in [-0.1, -0.05) is 15.9 Å². The molecule has 1 amide bonds. The molecule has 0 spiro atoms. The molecule has 2 rings (SSSR count). The molecule has 0 saturated carbocycles. The molecule has 1 heterocycles. The Morgan fingerprint density at radius 2 is 2.00 bits per heavy atom. The minimum absolute atomic E-state index is 0.00263. The number of hydrogen-bond donors (Lipinski definition) is 3. The van der Waals surface area contributed by atoms with Crippen molar-refractivity contribution in [1.29, 1.82) is 0 Å². The lowest BCUT2D eigenvalue weighted by Crippen LogP contribution is -2.27. The number of carbonyl (C=O) groups excluding carboxylic acids is 1. The van der Waals surface area contributed by atoms with Crippen LogP contribution in [0.1, 0.15) is 31.1 Å². The summed E-state index contributed by atoms with van der Waals surface area (Å²) in [5.41, 5.74) is -0.0542. The van der Waals surface area contributed by atoms with E-state index in [0.29, 0.717) is 10.9 Å². The molecule has 0 aliphatic carbocycles. The van der Waals surface area contributed by atoms with Crippen molar-refractivity contribution in [1.82, 2.24) is 4.98 Å². The van der Waals surface area contributed by atoms with E-state index in [1.807, 2.05) is 0 Å². The third kappa shape index (κ3) is 3.55. The summed E-state index contributed by atoms with van der Waals surface area (Å²) in [6, 6.07) is 5.18. The van der Waals surface area contributed by atoms with E-state index in [2.05, 4.69) is 26.2 Å². The lowest BCUT2D eigenvalue weighted by molar-refractivity contribution is 0.0635. The second kappa shape index (κ2) is 5.40. The molecule has 3 N–H and O–H groups in total. The second-order valence-electron chi connectivity index (χ2n) is 5.50. The van der Waals surface area contributed by atoms with Gasteiger partial charge in [-0.3, -0.25) is 5.32 Å². The molecule has 0 fully saturated rings. The molecule has 21 heavy (non-hydrogen) atoms. The van der Waals surface area contributed by atoms with Gasteiger partial charge in [-0.25, -0.2) is 9.59 Å². The molecule has 2 aromatic rings. The number of hydrogen-bond acceptors (Lipinski definition) is 3. The van der Waals surface area contributed by atoms with E-state index in [1.54, 1.807) is 39.0 Å². The number of fused-ring (bicyclic) bond motifs is 1. The lowest BCUT2D eigenvalue weighted by Gasteiger charge is -2.19. The number of aromatic nitrogens is 1. The Balaban J connectivity index is 2.42. The Morgan fingerprint density at radius 1 is 1.33 bits per heavy atom. The highest BCUT2D eigenvalue weighted by Crippen LogP contribution is 2.29. The van der Waals surface area contributed by atoms with Crippen molar-refractivity contribution in [3.8, 4) is 0 Å². The highest BCUT2D eigenvalue weighted by Gasteiger charge is 2.22. The Morgan fingerprint density at radius 3 is 2.57 bits per heavy atom. The maximum Gasteiger partial charge on any atom is 0.413 e. The van der Waals surface area contributed by atoms with E-state index in [9.17, 15) is 14.7 Å². The molecule has 1 aromatic heterocycles. The van der Waals surface area contributed by atoms with E-state index in [4.69, 9.17) is 4.74 Å². The summed E-state index contributed by atoms with van der Waals surface area (Å²) in [6.45, 7) is 5.19. The number of H-pyrrole nitrogens is 1. The van der Waals surface area contributed by atoms with Crippen LogP contribution in [0.25, 0.3) is 10.9 Å². The number of carbonyl (C=O) groups is 2. The van der Waals surface area contributed by atoms with Gasteiger partial charge in [0.15, 0.2) is 0 Å². The van der Waals surface area contributed by atoms with Gasteiger partial charge in [0.2, 0.25) is 0 Å². The summed E-state index contributed by atoms with van der Waals surface area (Å²) in [7, 11) is 0. The summed E-state index contributed by atoms with van der Waals surface area (Å²) in [6.07, 6.45) is -0.712. The van der Waals surface area contributed by atoms with Gasteiger partial charge in [0.1, 0.15) is 17.0 Å². The number of amides is 1. The summed E-state index contributed by atoms with van der Waals surface area (Å²) in [5, 5.41) is 12.3. The molecule has 6 nitrogen and oxygen atoms in total. The first-order valence-corrected chi connectivity index (χ1v) is 7.01. The number of aromatic carboxylic acids is 1. The first-order chi connectivity index (χ1) is 9.67. The fraction of sp³-hybridized carbons (Fsp3) is 0.286. The maximum absolute atomic E-state index is 11.8. The van der Waals surface area contributed by atoms with Gasteiger partial charge in [-0.2, -0.15) is 0 Å². The molecule has 0 unspecified atom stereocenters. The topological polar surface area (TPSA) is 91.4 Å². The van der Waals surface area contributed by atoms with E-state index < -0.39 is 17.7 Å². The normalized spacial score (nSPS) is 11.4. The molecule has 0 atom stereocenters. The number of rotatable bonds is 2. The van der Waals surface area contributed by atoms with E-state index in [0.717, 1.165) is 4.47 Å². The first kappa shape index (κ1) is 15.4. The van der Waals surface area contributed by atoms with Crippen LogP contribution in [0.15, 0.2) is 22.7 Å². The Hall–Kier alpha value is -2.02. The quantitative estimate of drug-likeness (QED) is 0.760. The Bertz CT molecular complexity index is 716. The molecule has 0 bridgehead atoms. The summed E-state index contributed by atoms with van der Waals surface area (Å²) in [5.74, 6) is -1.03. The minimum Gasteiger partial charge on any atom is -0.478 e. The van der Waals surface area contributed by atoms with Gasteiger partial charge in [0, 0.05) is 15.4 Å². The number of nitrogens with one attached hydrogen (secondary N) is 2. The van der Waals surface area contributed by atoms with Gasteiger partial charge >= 0.3 is 12.1 Å². The molecule has 0 aliphatic heterocycles. The standard InChI is InChI=1S/C14H15BrN2O4/c1-14(2,3)21-13(20)17-11-10(12(18)19)8-6-7(15)4-5-9(8)16-11/h4-6,16H,1-3H3,(H,17,20)(H,18,19). The number of benzene rings is 1.